The summed E-state index contributed by atoms with van der Waals surface area (Å²) in [6.07, 6.45) is 0.0579. The standard InChI is InChI=1S/C18H16BrN7O2/c19-14-13-12(10-20)21-16(22-15(13)25-24-14)26-8-6-18(7-9-26,23-17(27)28)11-4-2-1-3-5-11/h1-5,23H,6-9H2,(H,27,28)(H,21,22,24,25). The molecule has 1 fully saturated rings. The Hall–Kier alpha value is -3.19. The second kappa shape index (κ2) is 7.09. The highest BCUT2D eigenvalue weighted by molar-refractivity contribution is 9.10. The third-order valence-electron chi connectivity index (χ3n) is 5.04. The summed E-state index contributed by atoms with van der Waals surface area (Å²) in [6.45, 7) is 1.09. The Morgan fingerprint density at radius 1 is 1.29 bits per heavy atom. The lowest BCUT2D eigenvalue weighted by Crippen LogP contribution is -2.53. The highest BCUT2D eigenvalue weighted by Gasteiger charge is 2.38. The molecule has 10 heteroatoms. The van der Waals surface area contributed by atoms with Crippen LogP contribution in [-0.4, -0.2) is 44.5 Å². The Morgan fingerprint density at radius 2 is 2.00 bits per heavy atom. The van der Waals surface area contributed by atoms with Crippen molar-refractivity contribution in [1.29, 1.82) is 5.26 Å². The smallest absolute Gasteiger partial charge is 0.405 e. The number of amides is 1. The minimum atomic E-state index is -1.05. The number of carbonyl (C=O) groups is 1. The van der Waals surface area contributed by atoms with Crippen LogP contribution in [0.1, 0.15) is 24.1 Å². The van der Waals surface area contributed by atoms with Gasteiger partial charge in [-0.25, -0.2) is 9.78 Å². The lowest BCUT2D eigenvalue weighted by atomic mass is 9.81. The van der Waals surface area contributed by atoms with Crippen molar-refractivity contribution in [2.45, 2.75) is 18.4 Å². The van der Waals surface area contributed by atoms with Gasteiger partial charge in [-0.05, 0) is 34.3 Å². The second-order valence-electron chi connectivity index (χ2n) is 6.59. The molecule has 1 aliphatic rings. The fourth-order valence-corrected chi connectivity index (χ4v) is 4.11. The minimum Gasteiger partial charge on any atom is -0.465 e. The van der Waals surface area contributed by atoms with Gasteiger partial charge in [-0.2, -0.15) is 15.3 Å². The van der Waals surface area contributed by atoms with E-state index >= 15 is 0 Å². The number of hydrogen-bond acceptors (Lipinski definition) is 6. The molecule has 0 saturated carbocycles. The van der Waals surface area contributed by atoms with Gasteiger partial charge in [0.25, 0.3) is 0 Å². The van der Waals surface area contributed by atoms with Crippen LogP contribution in [0.15, 0.2) is 34.9 Å². The summed E-state index contributed by atoms with van der Waals surface area (Å²) in [5, 5.41) is 28.9. The lowest BCUT2D eigenvalue weighted by Gasteiger charge is -2.42. The van der Waals surface area contributed by atoms with Crippen molar-refractivity contribution >= 4 is 39.0 Å². The summed E-state index contributed by atoms with van der Waals surface area (Å²) < 4.78 is 0.498. The van der Waals surface area contributed by atoms with Crippen LogP contribution >= 0.6 is 15.9 Å². The maximum absolute atomic E-state index is 11.4. The first-order valence-corrected chi connectivity index (χ1v) is 9.45. The van der Waals surface area contributed by atoms with Crippen LogP contribution in [0.25, 0.3) is 11.0 Å². The van der Waals surface area contributed by atoms with Gasteiger partial charge in [-0.15, -0.1) is 0 Å². The van der Waals surface area contributed by atoms with Crippen molar-refractivity contribution in [3.05, 3.63) is 46.2 Å². The molecule has 0 bridgehead atoms. The molecule has 4 rings (SSSR count). The van der Waals surface area contributed by atoms with E-state index in [-0.39, 0.29) is 5.69 Å². The molecule has 0 unspecified atom stereocenters. The van der Waals surface area contributed by atoms with Crippen LogP contribution in [-0.2, 0) is 5.54 Å². The third-order valence-corrected chi connectivity index (χ3v) is 5.62. The maximum Gasteiger partial charge on any atom is 0.405 e. The molecule has 9 nitrogen and oxygen atoms in total. The van der Waals surface area contributed by atoms with Crippen LogP contribution in [0.2, 0.25) is 0 Å². The van der Waals surface area contributed by atoms with Crippen molar-refractivity contribution in [1.82, 2.24) is 25.5 Å². The number of fused-ring (bicyclic) bond motifs is 1. The molecule has 0 spiro atoms. The number of carboxylic acid groups (broad SMARTS) is 1. The topological polar surface area (TPSA) is 131 Å². The number of aromatic amines is 1. The van der Waals surface area contributed by atoms with Crippen molar-refractivity contribution in [2.24, 2.45) is 0 Å². The van der Waals surface area contributed by atoms with E-state index in [2.05, 4.69) is 47.5 Å². The highest BCUT2D eigenvalue weighted by Crippen LogP contribution is 2.34. The van der Waals surface area contributed by atoms with E-state index in [1.165, 1.54) is 0 Å². The first-order valence-electron chi connectivity index (χ1n) is 8.66. The number of aromatic nitrogens is 4. The van der Waals surface area contributed by atoms with E-state index in [4.69, 9.17) is 0 Å². The van der Waals surface area contributed by atoms with E-state index in [0.29, 0.717) is 47.5 Å². The molecular formula is C18H16BrN7O2. The number of halogens is 1. The summed E-state index contributed by atoms with van der Waals surface area (Å²) in [6, 6.07) is 11.7. The Morgan fingerprint density at radius 3 is 2.64 bits per heavy atom. The van der Waals surface area contributed by atoms with Gasteiger partial charge in [0.15, 0.2) is 11.3 Å². The number of anilines is 1. The SMILES string of the molecule is N#Cc1nc(N2CCC(NC(=O)O)(c3ccccc3)CC2)nc2[nH]nc(Br)c12. The number of nitrogens with one attached hydrogen (secondary N) is 2. The molecule has 1 aliphatic heterocycles. The Labute approximate surface area is 168 Å². The van der Waals surface area contributed by atoms with E-state index in [9.17, 15) is 15.2 Å². The first kappa shape index (κ1) is 18.2. The molecule has 1 saturated heterocycles. The van der Waals surface area contributed by atoms with E-state index in [0.717, 1.165) is 5.56 Å². The second-order valence-corrected chi connectivity index (χ2v) is 7.34. The van der Waals surface area contributed by atoms with Crippen LogP contribution < -0.4 is 10.2 Å². The molecule has 1 aromatic carbocycles. The van der Waals surface area contributed by atoms with E-state index < -0.39 is 11.6 Å². The monoisotopic (exact) mass is 441 g/mol. The quantitative estimate of drug-likeness (QED) is 0.569. The Bertz CT molecular complexity index is 1070. The molecule has 142 valence electrons. The van der Waals surface area contributed by atoms with Gasteiger partial charge in [0.05, 0.1) is 10.9 Å². The molecule has 1 amide bonds. The summed E-state index contributed by atoms with van der Waals surface area (Å²) in [5.41, 5.74) is 0.993. The zero-order valence-electron chi connectivity index (χ0n) is 14.7. The van der Waals surface area contributed by atoms with Crippen LogP contribution in [0.4, 0.5) is 10.7 Å². The molecule has 0 aliphatic carbocycles. The average molecular weight is 442 g/mol. The molecule has 28 heavy (non-hydrogen) atoms. The minimum absolute atomic E-state index is 0.240. The molecule has 3 aromatic rings. The van der Waals surface area contributed by atoms with Gasteiger partial charge in [-0.3, -0.25) is 5.10 Å². The summed E-state index contributed by atoms with van der Waals surface area (Å²) in [5.74, 6) is 0.428. The number of nitriles is 1. The molecule has 0 radical (unpaired) electrons. The Balaban J connectivity index is 1.63. The van der Waals surface area contributed by atoms with Crippen molar-refractivity contribution in [3.8, 4) is 6.07 Å². The van der Waals surface area contributed by atoms with Gasteiger partial charge >= 0.3 is 6.09 Å². The zero-order chi connectivity index (χ0) is 19.7. The van der Waals surface area contributed by atoms with Crippen LogP contribution in [0, 0.1) is 11.3 Å². The molecule has 2 aromatic heterocycles. The molecule has 3 N–H and O–H groups in total. The van der Waals surface area contributed by atoms with Crippen molar-refractivity contribution < 1.29 is 9.90 Å². The normalized spacial score (nSPS) is 15.9. The van der Waals surface area contributed by atoms with Crippen molar-refractivity contribution in [2.75, 3.05) is 18.0 Å². The van der Waals surface area contributed by atoms with Gasteiger partial charge in [-0.1, -0.05) is 30.3 Å². The predicted octanol–water partition coefficient (Wildman–Crippen LogP) is 2.75. The van der Waals surface area contributed by atoms with Crippen LogP contribution in [0.5, 0.6) is 0 Å². The van der Waals surface area contributed by atoms with E-state index in [1.807, 2.05) is 35.2 Å². The number of piperidine rings is 1. The maximum atomic E-state index is 11.4. The van der Waals surface area contributed by atoms with Crippen molar-refractivity contribution in [3.63, 3.8) is 0 Å². The van der Waals surface area contributed by atoms with E-state index in [1.54, 1.807) is 0 Å². The van der Waals surface area contributed by atoms with Crippen LogP contribution in [0.3, 0.4) is 0 Å². The molecule has 0 atom stereocenters. The number of rotatable bonds is 3. The summed E-state index contributed by atoms with van der Waals surface area (Å²) in [7, 11) is 0. The number of benzene rings is 1. The number of hydrogen-bond donors (Lipinski definition) is 3. The highest BCUT2D eigenvalue weighted by atomic mass is 79.9. The molecule has 3 heterocycles. The fourth-order valence-electron chi connectivity index (χ4n) is 3.64. The summed E-state index contributed by atoms with van der Waals surface area (Å²) in [4.78, 5) is 22.3. The summed E-state index contributed by atoms with van der Waals surface area (Å²) >= 11 is 3.29. The predicted molar refractivity (Wildman–Crippen MR) is 105 cm³/mol. The largest absolute Gasteiger partial charge is 0.465 e. The third kappa shape index (κ3) is 3.14. The van der Waals surface area contributed by atoms with Gasteiger partial charge in [0, 0.05) is 13.1 Å². The average Bonchev–Trinajstić information content (AvgIpc) is 3.09. The first-order chi connectivity index (χ1) is 13.5. The number of H-pyrrole nitrogens is 1. The van der Waals surface area contributed by atoms with Gasteiger partial charge in [0.1, 0.15) is 10.7 Å². The molecular weight excluding hydrogens is 426 g/mol. The lowest BCUT2D eigenvalue weighted by molar-refractivity contribution is 0.167. The number of nitrogens with zero attached hydrogens (tertiary/aromatic N) is 5. The zero-order valence-corrected chi connectivity index (χ0v) is 16.3. The van der Waals surface area contributed by atoms with Gasteiger partial charge < -0.3 is 15.3 Å². The van der Waals surface area contributed by atoms with Gasteiger partial charge in [0.2, 0.25) is 5.95 Å². The fraction of sp³-hybridized carbons (Fsp3) is 0.278. The Kier molecular flexibility index (Phi) is 4.60.